The van der Waals surface area contributed by atoms with Gasteiger partial charge in [-0.15, -0.1) is 0 Å². The molecule has 0 radical (unpaired) electrons. The highest BCUT2D eigenvalue weighted by Gasteiger charge is 2.22. The largest absolute Gasteiger partial charge is 0.456 e. The number of aromatic nitrogens is 4. The number of benzene rings is 7. The van der Waals surface area contributed by atoms with E-state index in [-0.39, 0.29) is 0 Å². The zero-order valence-corrected chi connectivity index (χ0v) is 27.1. The van der Waals surface area contributed by atoms with Gasteiger partial charge in [-0.05, 0) is 35.9 Å². The van der Waals surface area contributed by atoms with Crippen molar-refractivity contribution in [2.24, 2.45) is 0 Å². The molecule has 0 saturated carbocycles. The minimum absolute atomic E-state index is 0.537. The number of para-hydroxylation sites is 5. The van der Waals surface area contributed by atoms with Crippen LogP contribution in [0.2, 0.25) is 0 Å². The van der Waals surface area contributed by atoms with E-state index in [0.717, 1.165) is 87.9 Å². The molecule has 0 unspecified atom stereocenters. The summed E-state index contributed by atoms with van der Waals surface area (Å²) in [7, 11) is 0. The molecule has 0 bridgehead atoms. The topological polar surface area (TPSA) is 69.9 Å². The third-order valence-corrected chi connectivity index (χ3v) is 9.89. The van der Waals surface area contributed by atoms with Crippen LogP contribution in [0.3, 0.4) is 0 Å². The van der Waals surface area contributed by atoms with Crippen LogP contribution in [-0.4, -0.2) is 19.5 Å². The Balaban J connectivity index is 1.18. The zero-order valence-electron chi connectivity index (χ0n) is 27.1. The molecule has 0 fully saturated rings. The summed E-state index contributed by atoms with van der Waals surface area (Å²) in [6.45, 7) is 0. The first-order valence-corrected chi connectivity index (χ1v) is 17.0. The second kappa shape index (κ2) is 10.7. The van der Waals surface area contributed by atoms with Crippen molar-refractivity contribution < 1.29 is 8.83 Å². The summed E-state index contributed by atoms with van der Waals surface area (Å²) in [5, 5.41) is 6.45. The predicted molar refractivity (Wildman–Crippen MR) is 205 cm³/mol. The Hall–Kier alpha value is -7.05. The van der Waals surface area contributed by atoms with E-state index in [2.05, 4.69) is 95.6 Å². The van der Waals surface area contributed by atoms with Crippen molar-refractivity contribution in [3.05, 3.63) is 158 Å². The first-order chi connectivity index (χ1) is 25.3. The minimum Gasteiger partial charge on any atom is -0.456 e. The van der Waals surface area contributed by atoms with Crippen LogP contribution in [-0.2, 0) is 0 Å². The minimum atomic E-state index is 0.537. The number of rotatable bonds is 4. The molecule has 6 heteroatoms. The quantitative estimate of drug-likeness (QED) is 0.189. The fourth-order valence-corrected chi connectivity index (χ4v) is 7.65. The standard InChI is InChI=1S/C45H26N4O2/c1-2-13-27(14-3-1)43-46-44(48-45(47-43)49-36-23-7-4-15-28(36)29-16-5-8-24-37(29)49)35-22-11-21-33-32-20-10-19-31(41(32)51-42(33)35)30-18-12-26-39-40(30)34-17-6-9-25-38(34)50-39/h1-26H. The Morgan fingerprint density at radius 1 is 0.373 bits per heavy atom. The van der Waals surface area contributed by atoms with Crippen molar-refractivity contribution in [2.45, 2.75) is 0 Å². The molecule has 0 atom stereocenters. The summed E-state index contributed by atoms with van der Waals surface area (Å²) in [5.41, 5.74) is 9.05. The molecule has 0 saturated heterocycles. The van der Waals surface area contributed by atoms with E-state index in [0.29, 0.717) is 17.6 Å². The van der Waals surface area contributed by atoms with E-state index >= 15 is 0 Å². The molecule has 11 aromatic rings. The summed E-state index contributed by atoms with van der Waals surface area (Å²) in [6.07, 6.45) is 0. The highest BCUT2D eigenvalue weighted by Crippen LogP contribution is 2.43. The lowest BCUT2D eigenvalue weighted by atomic mass is 9.97. The summed E-state index contributed by atoms with van der Waals surface area (Å²) in [5.74, 6) is 1.67. The monoisotopic (exact) mass is 654 g/mol. The average Bonchev–Trinajstić information content (AvgIpc) is 3.88. The average molecular weight is 655 g/mol. The van der Waals surface area contributed by atoms with Crippen LogP contribution in [0.25, 0.3) is 106 Å². The Morgan fingerprint density at radius 3 is 1.69 bits per heavy atom. The molecule has 6 nitrogen and oxygen atoms in total. The molecule has 0 aliphatic rings. The van der Waals surface area contributed by atoms with E-state index in [1.54, 1.807) is 0 Å². The molecule has 0 amide bonds. The summed E-state index contributed by atoms with van der Waals surface area (Å²) >= 11 is 0. The molecule has 0 aliphatic heterocycles. The second-order valence-electron chi connectivity index (χ2n) is 12.8. The summed E-state index contributed by atoms with van der Waals surface area (Å²) in [6, 6.07) is 53.8. The van der Waals surface area contributed by atoms with Crippen LogP contribution < -0.4 is 0 Å². The fourth-order valence-electron chi connectivity index (χ4n) is 7.65. The number of furan rings is 2. The molecule has 4 heterocycles. The zero-order chi connectivity index (χ0) is 33.5. The fraction of sp³-hybridized carbons (Fsp3) is 0. The van der Waals surface area contributed by atoms with Gasteiger partial charge in [0.25, 0.3) is 0 Å². The van der Waals surface area contributed by atoms with E-state index in [1.165, 1.54) is 0 Å². The maximum Gasteiger partial charge on any atom is 0.238 e. The maximum atomic E-state index is 6.94. The van der Waals surface area contributed by atoms with Gasteiger partial charge in [-0.2, -0.15) is 9.97 Å². The van der Waals surface area contributed by atoms with Gasteiger partial charge in [0.1, 0.15) is 22.3 Å². The van der Waals surface area contributed by atoms with E-state index in [9.17, 15) is 0 Å². The van der Waals surface area contributed by atoms with E-state index in [4.69, 9.17) is 23.8 Å². The smallest absolute Gasteiger partial charge is 0.238 e. The predicted octanol–water partition coefficient (Wildman–Crippen LogP) is 11.8. The number of nitrogens with zero attached hydrogens (tertiary/aromatic N) is 4. The Labute approximate surface area is 290 Å². The third-order valence-electron chi connectivity index (χ3n) is 9.89. The summed E-state index contributed by atoms with van der Waals surface area (Å²) in [4.78, 5) is 15.4. The van der Waals surface area contributed by atoms with Crippen LogP contribution in [0.4, 0.5) is 0 Å². The van der Waals surface area contributed by atoms with Gasteiger partial charge in [-0.3, -0.25) is 4.57 Å². The highest BCUT2D eigenvalue weighted by atomic mass is 16.3. The van der Waals surface area contributed by atoms with Gasteiger partial charge in [0, 0.05) is 43.4 Å². The molecule has 238 valence electrons. The number of hydrogen-bond acceptors (Lipinski definition) is 5. The van der Waals surface area contributed by atoms with Gasteiger partial charge in [-0.25, -0.2) is 4.98 Å². The van der Waals surface area contributed by atoms with Crippen LogP contribution in [0.5, 0.6) is 0 Å². The SMILES string of the molecule is c1ccc(-c2nc(-c3cccc4c3oc3c(-c5cccc6oc7ccccc7c56)cccc34)nc(-n3c4ccccc4c4ccccc43)n2)cc1. The van der Waals surface area contributed by atoms with E-state index < -0.39 is 0 Å². The lowest BCUT2D eigenvalue weighted by Gasteiger charge is -2.11. The Bertz CT molecular complexity index is 3100. The summed E-state index contributed by atoms with van der Waals surface area (Å²) < 4.78 is 15.3. The number of hydrogen-bond donors (Lipinski definition) is 0. The lowest BCUT2D eigenvalue weighted by molar-refractivity contribution is 0.669. The molecule has 4 aromatic heterocycles. The molecule has 0 spiro atoms. The first-order valence-electron chi connectivity index (χ1n) is 17.0. The van der Waals surface area contributed by atoms with Gasteiger partial charge < -0.3 is 8.83 Å². The van der Waals surface area contributed by atoms with Crippen molar-refractivity contribution in [2.75, 3.05) is 0 Å². The normalized spacial score (nSPS) is 11.9. The van der Waals surface area contributed by atoms with Crippen LogP contribution in [0.15, 0.2) is 167 Å². The van der Waals surface area contributed by atoms with Crippen molar-refractivity contribution in [1.82, 2.24) is 19.5 Å². The maximum absolute atomic E-state index is 6.94. The van der Waals surface area contributed by atoms with E-state index in [1.807, 2.05) is 66.7 Å². The van der Waals surface area contributed by atoms with Crippen molar-refractivity contribution in [1.29, 1.82) is 0 Å². The van der Waals surface area contributed by atoms with Crippen molar-refractivity contribution >= 4 is 65.7 Å². The Kier molecular flexibility index (Phi) is 5.86. The molecule has 51 heavy (non-hydrogen) atoms. The first kappa shape index (κ1) is 27.9. The van der Waals surface area contributed by atoms with Crippen LogP contribution >= 0.6 is 0 Å². The molecule has 11 rings (SSSR count). The molecule has 0 N–H and O–H groups in total. The van der Waals surface area contributed by atoms with Crippen molar-refractivity contribution in [3.63, 3.8) is 0 Å². The molecular weight excluding hydrogens is 629 g/mol. The highest BCUT2D eigenvalue weighted by molar-refractivity contribution is 6.18. The third kappa shape index (κ3) is 4.14. The van der Waals surface area contributed by atoms with Crippen molar-refractivity contribution in [3.8, 4) is 39.9 Å². The Morgan fingerprint density at radius 2 is 0.922 bits per heavy atom. The van der Waals surface area contributed by atoms with Gasteiger partial charge in [-0.1, -0.05) is 127 Å². The van der Waals surface area contributed by atoms with Crippen LogP contribution in [0.1, 0.15) is 0 Å². The van der Waals surface area contributed by atoms with Gasteiger partial charge in [0.15, 0.2) is 11.6 Å². The van der Waals surface area contributed by atoms with Gasteiger partial charge in [0.05, 0.1) is 16.6 Å². The number of fused-ring (bicyclic) bond motifs is 9. The van der Waals surface area contributed by atoms with Gasteiger partial charge >= 0.3 is 0 Å². The molecule has 7 aromatic carbocycles. The van der Waals surface area contributed by atoms with Crippen LogP contribution in [0, 0.1) is 0 Å². The molecule has 0 aliphatic carbocycles. The molecular formula is C45H26N4O2. The second-order valence-corrected chi connectivity index (χ2v) is 12.8. The lowest BCUT2D eigenvalue weighted by Crippen LogP contribution is -2.06. The van der Waals surface area contributed by atoms with Gasteiger partial charge in [0.2, 0.25) is 5.95 Å².